The SMILES string of the molecule is COc1cc(N2CCC(CO)(Cc3ccccc3C(F)(F)F)CC2)ncn1. The van der Waals surface area contributed by atoms with Crippen LogP contribution < -0.4 is 9.64 Å². The van der Waals surface area contributed by atoms with E-state index >= 15 is 0 Å². The molecular weight excluding hydrogens is 359 g/mol. The quantitative estimate of drug-likeness (QED) is 0.861. The summed E-state index contributed by atoms with van der Waals surface area (Å²) in [4.78, 5) is 10.3. The summed E-state index contributed by atoms with van der Waals surface area (Å²) in [5.74, 6) is 1.17. The van der Waals surface area contributed by atoms with Gasteiger partial charge in [-0.25, -0.2) is 9.97 Å². The van der Waals surface area contributed by atoms with E-state index in [0.29, 0.717) is 37.6 Å². The first-order valence-corrected chi connectivity index (χ1v) is 8.74. The molecule has 0 spiro atoms. The van der Waals surface area contributed by atoms with Gasteiger partial charge in [-0.15, -0.1) is 0 Å². The molecule has 1 N–H and O–H groups in total. The lowest BCUT2D eigenvalue weighted by Crippen LogP contribution is -2.43. The molecule has 146 valence electrons. The third-order valence-electron chi connectivity index (χ3n) is 5.21. The lowest BCUT2D eigenvalue weighted by Gasteiger charge is -2.41. The van der Waals surface area contributed by atoms with Crippen molar-refractivity contribution in [1.29, 1.82) is 0 Å². The minimum atomic E-state index is -4.40. The number of aliphatic hydroxyl groups is 1. The Balaban J connectivity index is 1.75. The number of hydrogen-bond donors (Lipinski definition) is 1. The zero-order valence-corrected chi connectivity index (χ0v) is 15.0. The number of methoxy groups -OCH3 is 1. The zero-order valence-electron chi connectivity index (χ0n) is 15.0. The van der Waals surface area contributed by atoms with Crippen molar-refractivity contribution in [1.82, 2.24) is 9.97 Å². The second-order valence-corrected chi connectivity index (χ2v) is 6.90. The number of ether oxygens (including phenoxy) is 1. The van der Waals surface area contributed by atoms with Crippen molar-refractivity contribution in [3.63, 3.8) is 0 Å². The van der Waals surface area contributed by atoms with Crippen molar-refractivity contribution >= 4 is 5.82 Å². The molecule has 0 radical (unpaired) electrons. The number of rotatable bonds is 5. The molecule has 0 unspecified atom stereocenters. The number of hydrogen-bond acceptors (Lipinski definition) is 5. The molecule has 1 saturated heterocycles. The van der Waals surface area contributed by atoms with Gasteiger partial charge in [0.05, 0.1) is 12.7 Å². The standard InChI is InChI=1S/C19H22F3N3O2/c1-27-17-10-16(23-13-24-17)25-8-6-18(12-26,7-9-25)11-14-4-2-3-5-15(14)19(20,21)22/h2-5,10,13,26H,6-9,11-12H2,1H3. The smallest absolute Gasteiger partial charge is 0.416 e. The van der Waals surface area contributed by atoms with Crippen molar-refractivity contribution in [3.8, 4) is 5.88 Å². The molecule has 0 bridgehead atoms. The Labute approximate surface area is 155 Å². The molecule has 3 rings (SSSR count). The third kappa shape index (κ3) is 4.32. The first-order valence-electron chi connectivity index (χ1n) is 8.74. The molecule has 1 aromatic carbocycles. The van der Waals surface area contributed by atoms with E-state index in [4.69, 9.17) is 4.74 Å². The van der Waals surface area contributed by atoms with Crippen LogP contribution in [0.2, 0.25) is 0 Å². The van der Waals surface area contributed by atoms with Gasteiger partial charge in [0.15, 0.2) is 0 Å². The predicted octanol–water partition coefficient (Wildman–Crippen LogP) is 3.33. The Kier molecular flexibility index (Phi) is 5.55. The van der Waals surface area contributed by atoms with Crippen LogP contribution in [0.4, 0.5) is 19.0 Å². The molecule has 2 heterocycles. The van der Waals surface area contributed by atoms with Crippen LogP contribution in [0.15, 0.2) is 36.7 Å². The van der Waals surface area contributed by atoms with Crippen LogP contribution >= 0.6 is 0 Å². The topological polar surface area (TPSA) is 58.5 Å². The number of aromatic nitrogens is 2. The fourth-order valence-electron chi connectivity index (χ4n) is 3.57. The van der Waals surface area contributed by atoms with Crippen LogP contribution in [0, 0.1) is 5.41 Å². The van der Waals surface area contributed by atoms with Gasteiger partial charge in [-0.3, -0.25) is 0 Å². The Morgan fingerprint density at radius 2 is 1.89 bits per heavy atom. The fourth-order valence-corrected chi connectivity index (χ4v) is 3.57. The highest BCUT2D eigenvalue weighted by atomic mass is 19.4. The molecule has 0 saturated carbocycles. The molecule has 0 atom stereocenters. The maximum Gasteiger partial charge on any atom is 0.416 e. The summed E-state index contributed by atoms with van der Waals surface area (Å²) in [6, 6.07) is 7.33. The fraction of sp³-hybridized carbons (Fsp3) is 0.474. The molecule has 8 heteroatoms. The maximum atomic E-state index is 13.3. The van der Waals surface area contributed by atoms with Gasteiger partial charge in [-0.2, -0.15) is 13.2 Å². The minimum absolute atomic E-state index is 0.153. The van der Waals surface area contributed by atoms with Gasteiger partial charge in [0.1, 0.15) is 12.1 Å². The van der Waals surface area contributed by atoms with Crippen LogP contribution in [0.3, 0.4) is 0 Å². The van der Waals surface area contributed by atoms with E-state index in [1.807, 2.05) is 4.90 Å². The van der Waals surface area contributed by atoms with Gasteiger partial charge in [-0.05, 0) is 30.9 Å². The molecule has 1 fully saturated rings. The number of benzene rings is 1. The first kappa shape index (κ1) is 19.4. The monoisotopic (exact) mass is 381 g/mol. The van der Waals surface area contributed by atoms with E-state index in [9.17, 15) is 18.3 Å². The number of piperidine rings is 1. The third-order valence-corrected chi connectivity index (χ3v) is 5.21. The van der Waals surface area contributed by atoms with Crippen LogP contribution in [0.1, 0.15) is 24.0 Å². The summed E-state index contributed by atoms with van der Waals surface area (Å²) < 4.78 is 45.0. The van der Waals surface area contributed by atoms with E-state index in [2.05, 4.69) is 9.97 Å². The van der Waals surface area contributed by atoms with Crippen molar-refractivity contribution in [2.24, 2.45) is 5.41 Å². The molecule has 27 heavy (non-hydrogen) atoms. The maximum absolute atomic E-state index is 13.3. The largest absolute Gasteiger partial charge is 0.481 e. The van der Waals surface area contributed by atoms with Crippen LogP contribution in [0.25, 0.3) is 0 Å². The highest BCUT2D eigenvalue weighted by molar-refractivity contribution is 5.41. The predicted molar refractivity (Wildman–Crippen MR) is 94.7 cm³/mol. The molecule has 1 aliphatic heterocycles. The zero-order chi connectivity index (χ0) is 19.5. The lowest BCUT2D eigenvalue weighted by molar-refractivity contribution is -0.138. The van der Waals surface area contributed by atoms with Gasteiger partial charge in [0.2, 0.25) is 5.88 Å². The summed E-state index contributed by atoms with van der Waals surface area (Å²) in [5, 5.41) is 9.99. The summed E-state index contributed by atoms with van der Waals surface area (Å²) in [7, 11) is 1.52. The van der Waals surface area contributed by atoms with Gasteiger partial charge in [0, 0.05) is 31.2 Å². The Bertz CT molecular complexity index is 775. The molecule has 1 aliphatic rings. The Morgan fingerprint density at radius 3 is 2.52 bits per heavy atom. The molecule has 0 amide bonds. The second-order valence-electron chi connectivity index (χ2n) is 6.90. The number of alkyl halides is 3. The van der Waals surface area contributed by atoms with E-state index in [1.54, 1.807) is 12.1 Å². The molecule has 5 nitrogen and oxygen atoms in total. The Morgan fingerprint density at radius 1 is 1.19 bits per heavy atom. The van der Waals surface area contributed by atoms with Crippen LogP contribution in [-0.4, -0.2) is 41.9 Å². The summed E-state index contributed by atoms with van der Waals surface area (Å²) in [6.07, 6.45) is -1.64. The van der Waals surface area contributed by atoms with Crippen molar-refractivity contribution < 1.29 is 23.0 Å². The van der Waals surface area contributed by atoms with Gasteiger partial charge in [-0.1, -0.05) is 18.2 Å². The minimum Gasteiger partial charge on any atom is -0.481 e. The van der Waals surface area contributed by atoms with E-state index in [0.717, 1.165) is 6.07 Å². The average Bonchev–Trinajstić information content (AvgIpc) is 2.68. The van der Waals surface area contributed by atoms with Gasteiger partial charge < -0.3 is 14.7 Å². The normalized spacial score (nSPS) is 17.0. The summed E-state index contributed by atoms with van der Waals surface area (Å²) in [5.41, 5.74) is -0.966. The van der Waals surface area contributed by atoms with Crippen molar-refractivity contribution in [2.75, 3.05) is 31.7 Å². The lowest BCUT2D eigenvalue weighted by atomic mass is 9.73. The van der Waals surface area contributed by atoms with Crippen LogP contribution in [0.5, 0.6) is 5.88 Å². The van der Waals surface area contributed by atoms with E-state index < -0.39 is 17.2 Å². The molecule has 1 aromatic heterocycles. The molecule has 2 aromatic rings. The Hall–Kier alpha value is -2.35. The van der Waals surface area contributed by atoms with Crippen LogP contribution in [-0.2, 0) is 12.6 Å². The van der Waals surface area contributed by atoms with Gasteiger partial charge >= 0.3 is 6.18 Å². The van der Waals surface area contributed by atoms with E-state index in [-0.39, 0.29) is 18.6 Å². The van der Waals surface area contributed by atoms with E-state index in [1.165, 1.54) is 25.6 Å². The summed E-state index contributed by atoms with van der Waals surface area (Å²) in [6.45, 7) is 1.03. The number of aliphatic hydroxyl groups excluding tert-OH is 1. The molecular formula is C19H22F3N3O2. The number of anilines is 1. The number of nitrogens with zero attached hydrogens (tertiary/aromatic N) is 3. The van der Waals surface area contributed by atoms with Gasteiger partial charge in [0.25, 0.3) is 0 Å². The average molecular weight is 381 g/mol. The second kappa shape index (κ2) is 7.72. The highest BCUT2D eigenvalue weighted by Crippen LogP contribution is 2.40. The number of halogens is 3. The highest BCUT2D eigenvalue weighted by Gasteiger charge is 2.39. The summed E-state index contributed by atoms with van der Waals surface area (Å²) >= 11 is 0. The first-order chi connectivity index (χ1) is 12.9. The molecule has 0 aliphatic carbocycles. The van der Waals surface area contributed by atoms with Crippen molar-refractivity contribution in [3.05, 3.63) is 47.8 Å². The van der Waals surface area contributed by atoms with Crippen molar-refractivity contribution in [2.45, 2.75) is 25.4 Å².